The number of amides is 2. The molecule has 5 nitrogen and oxygen atoms in total. The fourth-order valence-electron chi connectivity index (χ4n) is 1.63. The van der Waals surface area contributed by atoms with Crippen molar-refractivity contribution in [1.82, 2.24) is 10.6 Å². The van der Waals surface area contributed by atoms with Crippen LogP contribution >= 0.6 is 11.3 Å². The summed E-state index contributed by atoms with van der Waals surface area (Å²) < 4.78 is 0. The number of rotatable bonds is 2. The topological polar surface area (TPSA) is 84.2 Å². The van der Waals surface area contributed by atoms with E-state index in [4.69, 9.17) is 5.73 Å². The summed E-state index contributed by atoms with van der Waals surface area (Å²) in [6.45, 7) is 0.795. The van der Waals surface area contributed by atoms with Crippen LogP contribution in [0.4, 0.5) is 0 Å². The lowest BCUT2D eigenvalue weighted by molar-refractivity contribution is -0.119. The molecule has 0 aliphatic carbocycles. The molecule has 1 aliphatic heterocycles. The summed E-state index contributed by atoms with van der Waals surface area (Å²) in [5.74, 6) is 5.41. The van der Waals surface area contributed by atoms with E-state index in [-0.39, 0.29) is 17.9 Å². The maximum Gasteiger partial charge on any atom is 0.252 e. The van der Waals surface area contributed by atoms with Gasteiger partial charge in [0.1, 0.15) is 0 Å². The Bertz CT molecular complexity index is 527. The van der Waals surface area contributed by atoms with Gasteiger partial charge in [0.2, 0.25) is 5.91 Å². The summed E-state index contributed by atoms with van der Waals surface area (Å²) in [6.07, 6.45) is 0.343. The first kappa shape index (κ1) is 12.6. The minimum Gasteiger partial charge on any atom is -0.354 e. The van der Waals surface area contributed by atoms with Gasteiger partial charge in [-0.2, -0.15) is 0 Å². The molecule has 0 saturated carbocycles. The van der Waals surface area contributed by atoms with Gasteiger partial charge in [-0.05, 0) is 6.07 Å². The molecule has 94 valence electrons. The Morgan fingerprint density at radius 3 is 3.17 bits per heavy atom. The number of nitrogens with two attached hydrogens (primary N) is 1. The molecule has 2 rings (SSSR count). The largest absolute Gasteiger partial charge is 0.354 e. The van der Waals surface area contributed by atoms with Crippen LogP contribution in [0.25, 0.3) is 0 Å². The second-order valence-corrected chi connectivity index (χ2v) is 4.80. The van der Waals surface area contributed by atoms with Gasteiger partial charge in [0.15, 0.2) is 0 Å². The summed E-state index contributed by atoms with van der Waals surface area (Å²) in [4.78, 5) is 23.7. The fraction of sp³-hybridized carbons (Fsp3) is 0.333. The quantitative estimate of drug-likeness (QED) is 0.639. The van der Waals surface area contributed by atoms with Crippen LogP contribution in [0.1, 0.15) is 21.7 Å². The molecule has 0 bridgehead atoms. The molecule has 1 saturated heterocycles. The van der Waals surface area contributed by atoms with E-state index in [9.17, 15) is 9.59 Å². The van der Waals surface area contributed by atoms with E-state index in [0.717, 1.165) is 4.88 Å². The summed E-state index contributed by atoms with van der Waals surface area (Å²) >= 11 is 1.40. The van der Waals surface area contributed by atoms with Gasteiger partial charge in [-0.25, -0.2) is 0 Å². The van der Waals surface area contributed by atoms with Gasteiger partial charge in [-0.1, -0.05) is 11.8 Å². The number of thiophene rings is 1. The summed E-state index contributed by atoms with van der Waals surface area (Å²) in [6, 6.07) is 1.61. The summed E-state index contributed by atoms with van der Waals surface area (Å²) in [5.41, 5.74) is 5.85. The van der Waals surface area contributed by atoms with Crippen molar-refractivity contribution < 1.29 is 9.59 Å². The highest BCUT2D eigenvalue weighted by Crippen LogP contribution is 2.14. The van der Waals surface area contributed by atoms with E-state index in [1.165, 1.54) is 11.3 Å². The standard InChI is InChI=1S/C12H13N3O2S/c13-3-1-2-10-4-8(7-18-10)12(17)15-9-5-11(16)14-6-9/h4,7,9H,3,5-6,13H2,(H,14,16)(H,15,17). The van der Waals surface area contributed by atoms with Crippen LogP contribution in [0, 0.1) is 11.8 Å². The van der Waals surface area contributed by atoms with Crippen molar-refractivity contribution in [3.8, 4) is 11.8 Å². The second kappa shape index (κ2) is 5.67. The van der Waals surface area contributed by atoms with Crippen LogP contribution < -0.4 is 16.4 Å². The molecule has 0 radical (unpaired) electrons. The van der Waals surface area contributed by atoms with Crippen molar-refractivity contribution in [3.63, 3.8) is 0 Å². The van der Waals surface area contributed by atoms with Gasteiger partial charge in [0.05, 0.1) is 23.0 Å². The van der Waals surface area contributed by atoms with Crippen LogP contribution in [0.3, 0.4) is 0 Å². The maximum absolute atomic E-state index is 11.9. The van der Waals surface area contributed by atoms with Gasteiger partial charge in [0, 0.05) is 18.3 Å². The molecule has 18 heavy (non-hydrogen) atoms. The Balaban J connectivity index is 1.96. The van der Waals surface area contributed by atoms with Gasteiger partial charge in [-0.15, -0.1) is 11.3 Å². The molecule has 1 aliphatic rings. The highest BCUT2D eigenvalue weighted by molar-refractivity contribution is 7.10. The van der Waals surface area contributed by atoms with Crippen molar-refractivity contribution in [2.75, 3.05) is 13.1 Å². The molecule has 0 aromatic carbocycles. The zero-order chi connectivity index (χ0) is 13.0. The van der Waals surface area contributed by atoms with Crippen molar-refractivity contribution in [2.45, 2.75) is 12.5 Å². The van der Waals surface area contributed by atoms with Crippen molar-refractivity contribution >= 4 is 23.2 Å². The third kappa shape index (κ3) is 3.09. The lowest BCUT2D eigenvalue weighted by Crippen LogP contribution is -2.35. The lowest BCUT2D eigenvalue weighted by Gasteiger charge is -2.08. The number of carbonyl (C=O) groups is 2. The first-order chi connectivity index (χ1) is 8.69. The molecule has 0 spiro atoms. The zero-order valence-corrected chi connectivity index (χ0v) is 10.5. The third-order valence-electron chi connectivity index (χ3n) is 2.49. The number of nitrogens with one attached hydrogen (secondary N) is 2. The molecular weight excluding hydrogens is 250 g/mol. The van der Waals surface area contributed by atoms with Crippen LogP contribution in [-0.4, -0.2) is 30.9 Å². The molecule has 1 atom stereocenters. The average Bonchev–Trinajstić information content (AvgIpc) is 2.96. The molecule has 1 unspecified atom stereocenters. The minimum absolute atomic E-state index is 0.0277. The third-order valence-corrected chi connectivity index (χ3v) is 3.33. The lowest BCUT2D eigenvalue weighted by atomic mass is 10.2. The molecule has 6 heteroatoms. The van der Waals surface area contributed by atoms with Crippen LogP contribution in [0.2, 0.25) is 0 Å². The van der Waals surface area contributed by atoms with E-state index in [1.54, 1.807) is 11.4 Å². The van der Waals surface area contributed by atoms with E-state index in [2.05, 4.69) is 22.5 Å². The number of carbonyl (C=O) groups excluding carboxylic acids is 2. The average molecular weight is 263 g/mol. The Hall–Kier alpha value is -1.84. The van der Waals surface area contributed by atoms with E-state index in [1.807, 2.05) is 0 Å². The Morgan fingerprint density at radius 1 is 1.67 bits per heavy atom. The predicted molar refractivity (Wildman–Crippen MR) is 69.1 cm³/mol. The SMILES string of the molecule is NCC#Cc1cc(C(=O)NC2CNC(=O)C2)cs1. The van der Waals surface area contributed by atoms with Gasteiger partial charge in [-0.3, -0.25) is 9.59 Å². The van der Waals surface area contributed by atoms with Crippen molar-refractivity contribution in [1.29, 1.82) is 0 Å². The van der Waals surface area contributed by atoms with Crippen molar-refractivity contribution in [2.24, 2.45) is 5.73 Å². The van der Waals surface area contributed by atoms with E-state index >= 15 is 0 Å². The van der Waals surface area contributed by atoms with E-state index in [0.29, 0.717) is 25.1 Å². The second-order valence-electron chi connectivity index (χ2n) is 3.88. The highest BCUT2D eigenvalue weighted by Gasteiger charge is 2.23. The number of hydrogen-bond donors (Lipinski definition) is 3. The first-order valence-electron chi connectivity index (χ1n) is 5.54. The predicted octanol–water partition coefficient (Wildman–Crippen LogP) is -0.323. The van der Waals surface area contributed by atoms with Gasteiger partial charge >= 0.3 is 0 Å². The van der Waals surface area contributed by atoms with Crippen molar-refractivity contribution in [3.05, 3.63) is 21.9 Å². The Morgan fingerprint density at radius 2 is 2.50 bits per heavy atom. The Labute approximate surface area is 109 Å². The van der Waals surface area contributed by atoms with E-state index < -0.39 is 0 Å². The molecule has 2 heterocycles. The Kier molecular flexibility index (Phi) is 3.97. The molecular formula is C12H13N3O2S. The fourth-order valence-corrected chi connectivity index (χ4v) is 2.39. The summed E-state index contributed by atoms with van der Waals surface area (Å²) in [7, 11) is 0. The smallest absolute Gasteiger partial charge is 0.252 e. The highest BCUT2D eigenvalue weighted by atomic mass is 32.1. The molecule has 1 fully saturated rings. The zero-order valence-electron chi connectivity index (χ0n) is 9.66. The van der Waals surface area contributed by atoms with Crippen LogP contribution in [0.15, 0.2) is 11.4 Å². The van der Waals surface area contributed by atoms with Gasteiger partial charge in [0.25, 0.3) is 5.91 Å². The molecule has 2 amide bonds. The van der Waals surface area contributed by atoms with Crippen LogP contribution in [-0.2, 0) is 4.79 Å². The molecule has 1 aromatic rings. The normalized spacial score (nSPS) is 17.8. The van der Waals surface area contributed by atoms with Crippen LogP contribution in [0.5, 0.6) is 0 Å². The maximum atomic E-state index is 11.9. The summed E-state index contributed by atoms with van der Waals surface area (Å²) in [5, 5.41) is 7.23. The van der Waals surface area contributed by atoms with Gasteiger partial charge < -0.3 is 16.4 Å². The monoisotopic (exact) mass is 263 g/mol. The molecule has 1 aromatic heterocycles. The number of hydrogen-bond acceptors (Lipinski definition) is 4. The molecule has 4 N–H and O–H groups in total. The minimum atomic E-state index is -0.173. The first-order valence-corrected chi connectivity index (χ1v) is 6.42.